The Balaban J connectivity index is 2.78. The maximum absolute atomic E-state index is 11.5. The Morgan fingerprint density at radius 2 is 1.90 bits per heavy atom. The number of hydrogen-bond acceptors (Lipinski definition) is 4. The standard InChI is InChI=1S/C9H11ClN2O7P2/c1-19-9(21(16,17)18)8-5(10)2-3-6-11-7(4-12(6)8)20(13,14)15/h2-4,9H,1H3,(H2,13,14,15)(H2,16,17,18). The Hall–Kier alpha value is -0.760. The smallest absolute Gasteiger partial charge is 0.363 e. The molecule has 1 unspecified atom stereocenters. The van der Waals surface area contributed by atoms with Gasteiger partial charge in [0.1, 0.15) is 5.65 Å². The third-order valence-electron chi connectivity index (χ3n) is 2.66. The average Bonchev–Trinajstić information content (AvgIpc) is 2.75. The number of aromatic nitrogens is 2. The Labute approximate surface area is 123 Å². The van der Waals surface area contributed by atoms with Crippen molar-refractivity contribution < 1.29 is 33.4 Å². The van der Waals surface area contributed by atoms with Crippen molar-refractivity contribution >= 4 is 37.9 Å². The monoisotopic (exact) mass is 356 g/mol. The number of methoxy groups -OCH3 is 1. The highest BCUT2D eigenvalue weighted by molar-refractivity contribution is 7.60. The van der Waals surface area contributed by atoms with Crippen LogP contribution in [0.4, 0.5) is 0 Å². The largest absolute Gasteiger partial charge is 0.376 e. The van der Waals surface area contributed by atoms with E-state index < -0.39 is 26.5 Å². The van der Waals surface area contributed by atoms with Crippen molar-refractivity contribution in [3.63, 3.8) is 0 Å². The van der Waals surface area contributed by atoms with Crippen LogP contribution >= 0.6 is 26.8 Å². The predicted octanol–water partition coefficient (Wildman–Crippen LogP) is 0.613. The van der Waals surface area contributed by atoms with Gasteiger partial charge in [-0.2, -0.15) is 0 Å². The van der Waals surface area contributed by atoms with Gasteiger partial charge in [0.2, 0.25) is 0 Å². The molecular formula is C9H11ClN2O7P2. The molecule has 12 heteroatoms. The zero-order valence-electron chi connectivity index (χ0n) is 10.5. The average molecular weight is 357 g/mol. The van der Waals surface area contributed by atoms with Crippen molar-refractivity contribution in [3.8, 4) is 0 Å². The van der Waals surface area contributed by atoms with Crippen LogP contribution in [-0.4, -0.2) is 36.1 Å². The maximum atomic E-state index is 11.5. The van der Waals surface area contributed by atoms with Crippen LogP contribution in [-0.2, 0) is 13.9 Å². The van der Waals surface area contributed by atoms with Crippen LogP contribution in [0.25, 0.3) is 5.65 Å². The maximum Gasteiger partial charge on any atom is 0.376 e. The van der Waals surface area contributed by atoms with Crippen molar-refractivity contribution in [3.05, 3.63) is 29.0 Å². The third-order valence-corrected chi connectivity index (χ3v) is 4.86. The highest BCUT2D eigenvalue weighted by Crippen LogP contribution is 2.53. The van der Waals surface area contributed by atoms with Gasteiger partial charge in [0, 0.05) is 13.3 Å². The number of fused-ring (bicyclic) bond motifs is 1. The minimum Gasteiger partial charge on any atom is -0.363 e. The van der Waals surface area contributed by atoms with E-state index in [1.54, 1.807) is 0 Å². The normalized spacial score (nSPS) is 14.6. The van der Waals surface area contributed by atoms with Crippen LogP contribution < -0.4 is 5.44 Å². The minimum atomic E-state index is -4.71. The molecule has 0 radical (unpaired) electrons. The first-order chi connectivity index (χ1) is 9.55. The number of nitrogens with zero attached hydrogens (tertiary/aromatic N) is 2. The lowest BCUT2D eigenvalue weighted by Crippen LogP contribution is -2.09. The van der Waals surface area contributed by atoms with Crippen molar-refractivity contribution in [2.75, 3.05) is 7.11 Å². The Kier molecular flexibility index (Phi) is 4.32. The first-order valence-corrected chi connectivity index (χ1v) is 9.04. The van der Waals surface area contributed by atoms with Crippen LogP contribution in [0.15, 0.2) is 18.3 Å². The number of rotatable bonds is 4. The van der Waals surface area contributed by atoms with Crippen molar-refractivity contribution in [1.29, 1.82) is 0 Å². The number of halogens is 1. The summed E-state index contributed by atoms with van der Waals surface area (Å²) in [7, 11) is -8.24. The van der Waals surface area contributed by atoms with E-state index in [1.165, 1.54) is 12.1 Å². The second-order valence-corrected chi connectivity index (χ2v) is 7.72. The summed E-state index contributed by atoms with van der Waals surface area (Å²) in [6, 6.07) is 2.67. The van der Waals surface area contributed by atoms with E-state index in [2.05, 4.69) is 4.98 Å². The predicted molar refractivity (Wildman–Crippen MR) is 73.7 cm³/mol. The summed E-state index contributed by atoms with van der Waals surface area (Å²) in [6.07, 6.45) is 0.971. The van der Waals surface area contributed by atoms with Crippen LogP contribution in [0, 0.1) is 0 Å². The SMILES string of the molecule is COC(c1c(Cl)ccc2nc(P(=O)(O)O)cn12)P(=O)(O)O. The van der Waals surface area contributed by atoms with Gasteiger partial charge < -0.3 is 24.3 Å². The van der Waals surface area contributed by atoms with E-state index in [0.717, 1.165) is 17.7 Å². The molecule has 0 aromatic carbocycles. The molecule has 2 aromatic heterocycles. The molecule has 0 aliphatic heterocycles. The summed E-state index contributed by atoms with van der Waals surface area (Å²) < 4.78 is 28.6. The molecule has 0 spiro atoms. The van der Waals surface area contributed by atoms with Crippen LogP contribution in [0.2, 0.25) is 5.02 Å². The number of hydrogen-bond donors (Lipinski definition) is 4. The fourth-order valence-corrected chi connectivity index (χ4v) is 3.51. The van der Waals surface area contributed by atoms with Crippen molar-refractivity contribution in [1.82, 2.24) is 9.38 Å². The molecule has 0 bridgehead atoms. The van der Waals surface area contributed by atoms with Gasteiger partial charge in [-0.1, -0.05) is 11.6 Å². The van der Waals surface area contributed by atoms with E-state index in [1.807, 2.05) is 0 Å². The molecule has 2 rings (SSSR count). The van der Waals surface area contributed by atoms with Gasteiger partial charge in [-0.3, -0.25) is 13.5 Å². The molecule has 2 heterocycles. The van der Waals surface area contributed by atoms with Gasteiger partial charge in [-0.25, -0.2) is 4.98 Å². The highest BCUT2D eigenvalue weighted by Gasteiger charge is 2.35. The lowest BCUT2D eigenvalue weighted by Gasteiger charge is -2.19. The molecule has 2 aromatic rings. The van der Waals surface area contributed by atoms with Gasteiger partial charge in [-0.15, -0.1) is 0 Å². The summed E-state index contributed by atoms with van der Waals surface area (Å²) in [6.45, 7) is 0. The molecule has 0 aliphatic rings. The summed E-state index contributed by atoms with van der Waals surface area (Å²) in [5.74, 6) is -1.69. The van der Waals surface area contributed by atoms with Crippen LogP contribution in [0.5, 0.6) is 0 Å². The topological polar surface area (TPSA) is 142 Å². The van der Waals surface area contributed by atoms with Gasteiger partial charge in [0.15, 0.2) is 11.3 Å². The molecule has 0 aliphatic carbocycles. The molecule has 4 N–H and O–H groups in total. The van der Waals surface area contributed by atoms with Crippen molar-refractivity contribution in [2.24, 2.45) is 0 Å². The Bertz CT molecular complexity index is 780. The Morgan fingerprint density at radius 3 is 2.38 bits per heavy atom. The van der Waals surface area contributed by atoms with E-state index in [-0.39, 0.29) is 16.4 Å². The zero-order valence-corrected chi connectivity index (χ0v) is 13.0. The quantitative estimate of drug-likeness (QED) is 0.584. The minimum absolute atomic E-state index is 0.0349. The lowest BCUT2D eigenvalue weighted by molar-refractivity contribution is 0.133. The highest BCUT2D eigenvalue weighted by atomic mass is 35.5. The lowest BCUT2D eigenvalue weighted by atomic mass is 10.3. The number of pyridine rings is 1. The summed E-state index contributed by atoms with van der Waals surface area (Å²) >= 11 is 5.94. The molecule has 9 nitrogen and oxygen atoms in total. The van der Waals surface area contributed by atoms with Gasteiger partial charge in [0.05, 0.1) is 10.7 Å². The van der Waals surface area contributed by atoms with E-state index in [4.69, 9.17) is 26.1 Å². The molecule has 0 fully saturated rings. The molecule has 1 atom stereocenters. The molecule has 21 heavy (non-hydrogen) atoms. The number of imidazole rings is 1. The number of ether oxygens (including phenoxy) is 1. The molecule has 0 amide bonds. The van der Waals surface area contributed by atoms with Crippen molar-refractivity contribution in [2.45, 2.75) is 5.85 Å². The molecule has 116 valence electrons. The second kappa shape index (κ2) is 5.46. The second-order valence-electron chi connectivity index (χ2n) is 4.11. The summed E-state index contributed by atoms with van der Waals surface area (Å²) in [4.78, 5) is 40.6. The van der Waals surface area contributed by atoms with E-state index in [0.29, 0.717) is 0 Å². The molecule has 0 saturated carbocycles. The van der Waals surface area contributed by atoms with E-state index >= 15 is 0 Å². The molecular weight excluding hydrogens is 346 g/mol. The van der Waals surface area contributed by atoms with E-state index in [9.17, 15) is 18.9 Å². The van der Waals surface area contributed by atoms with Crippen LogP contribution in [0.1, 0.15) is 11.5 Å². The summed E-state index contributed by atoms with van der Waals surface area (Å²) in [5.41, 5.74) is -0.605. The van der Waals surface area contributed by atoms with Gasteiger partial charge in [-0.05, 0) is 12.1 Å². The fourth-order valence-electron chi connectivity index (χ4n) is 1.83. The van der Waals surface area contributed by atoms with Gasteiger partial charge in [0.25, 0.3) is 0 Å². The first kappa shape index (κ1) is 16.6. The van der Waals surface area contributed by atoms with Crippen LogP contribution in [0.3, 0.4) is 0 Å². The Morgan fingerprint density at radius 1 is 1.29 bits per heavy atom. The molecule has 0 saturated heterocycles. The third kappa shape index (κ3) is 3.21. The summed E-state index contributed by atoms with van der Waals surface area (Å²) in [5, 5.41) is -0.0349. The fraction of sp³-hybridized carbons (Fsp3) is 0.222. The van der Waals surface area contributed by atoms with Gasteiger partial charge >= 0.3 is 15.2 Å². The zero-order chi connectivity index (χ0) is 16.0. The first-order valence-electron chi connectivity index (χ1n) is 5.37.